The molecule has 0 unspecified atom stereocenters. The first kappa shape index (κ1) is 12.7. The lowest BCUT2D eigenvalue weighted by molar-refractivity contribution is -0.384. The highest BCUT2D eigenvalue weighted by molar-refractivity contribution is 6.30. The fourth-order valence-corrected chi connectivity index (χ4v) is 1.52. The Morgan fingerprint density at radius 1 is 1.69 bits per heavy atom. The summed E-state index contributed by atoms with van der Waals surface area (Å²) in [6, 6.07) is 1.29. The third kappa shape index (κ3) is 2.80. The van der Waals surface area contributed by atoms with Crippen LogP contribution in [0.2, 0.25) is 5.02 Å². The highest BCUT2D eigenvalue weighted by Gasteiger charge is 2.20. The monoisotopic (exact) mass is 244 g/mol. The topological polar surface area (TPSA) is 85.3 Å². The molecule has 0 atom stereocenters. The molecule has 0 saturated carbocycles. The normalized spacial score (nSPS) is 10.2. The van der Waals surface area contributed by atoms with Gasteiger partial charge in [0.1, 0.15) is 0 Å². The van der Waals surface area contributed by atoms with E-state index in [1.54, 1.807) is 4.90 Å². The molecule has 16 heavy (non-hydrogen) atoms. The third-order valence-corrected chi connectivity index (χ3v) is 2.30. The van der Waals surface area contributed by atoms with Crippen LogP contribution < -0.4 is 10.6 Å². The molecule has 0 aliphatic heterocycles. The molecule has 0 saturated heterocycles. The lowest BCUT2D eigenvalue weighted by Gasteiger charge is -2.20. The van der Waals surface area contributed by atoms with Crippen LogP contribution in [0, 0.1) is 10.1 Å². The van der Waals surface area contributed by atoms with E-state index in [0.29, 0.717) is 25.5 Å². The summed E-state index contributed by atoms with van der Waals surface area (Å²) in [4.78, 5) is 16.1. The second kappa shape index (κ2) is 5.62. The summed E-state index contributed by atoms with van der Waals surface area (Å²) in [5.74, 6) is 0.308. The van der Waals surface area contributed by atoms with Crippen LogP contribution in [0.5, 0.6) is 0 Å². The Kier molecular flexibility index (Phi) is 4.45. The molecular formula is C9H13ClN4O2. The van der Waals surface area contributed by atoms with Gasteiger partial charge in [0.05, 0.1) is 9.95 Å². The van der Waals surface area contributed by atoms with Crippen LogP contribution in [0.15, 0.2) is 12.3 Å². The summed E-state index contributed by atoms with van der Waals surface area (Å²) >= 11 is 5.68. The van der Waals surface area contributed by atoms with Crippen molar-refractivity contribution in [1.82, 2.24) is 4.98 Å². The number of likely N-dealkylation sites (N-methyl/N-ethyl adjacent to an activating group) is 1. The fourth-order valence-electron chi connectivity index (χ4n) is 1.37. The van der Waals surface area contributed by atoms with Gasteiger partial charge >= 0.3 is 5.69 Å². The second-order valence-corrected chi connectivity index (χ2v) is 3.56. The Labute approximate surface area is 98.2 Å². The van der Waals surface area contributed by atoms with Crippen molar-refractivity contribution < 1.29 is 4.92 Å². The number of hydrogen-bond acceptors (Lipinski definition) is 5. The minimum absolute atomic E-state index is 0.0946. The van der Waals surface area contributed by atoms with Crippen LogP contribution in [0.4, 0.5) is 11.5 Å². The van der Waals surface area contributed by atoms with Crippen LogP contribution in [0.25, 0.3) is 0 Å². The number of nitro groups is 1. The first-order chi connectivity index (χ1) is 7.60. The predicted octanol–water partition coefficient (Wildman–Crippen LogP) is 1.43. The molecule has 0 amide bonds. The lowest BCUT2D eigenvalue weighted by atomic mass is 10.3. The number of nitrogens with zero attached hydrogens (tertiary/aromatic N) is 3. The van der Waals surface area contributed by atoms with E-state index in [2.05, 4.69) is 4.98 Å². The minimum Gasteiger partial charge on any atom is -0.350 e. The molecule has 0 aromatic carbocycles. The Hall–Kier alpha value is -1.40. The van der Waals surface area contributed by atoms with Gasteiger partial charge < -0.3 is 10.6 Å². The van der Waals surface area contributed by atoms with Crippen molar-refractivity contribution in [3.63, 3.8) is 0 Å². The van der Waals surface area contributed by atoms with Gasteiger partial charge in [-0.25, -0.2) is 4.98 Å². The molecule has 2 N–H and O–H groups in total. The molecule has 0 spiro atoms. The van der Waals surface area contributed by atoms with Crippen molar-refractivity contribution in [3.05, 3.63) is 27.4 Å². The van der Waals surface area contributed by atoms with E-state index in [0.717, 1.165) is 0 Å². The van der Waals surface area contributed by atoms with Crippen molar-refractivity contribution in [2.24, 2.45) is 5.73 Å². The third-order valence-electron chi connectivity index (χ3n) is 2.09. The van der Waals surface area contributed by atoms with Crippen LogP contribution in [-0.2, 0) is 0 Å². The second-order valence-electron chi connectivity index (χ2n) is 3.12. The quantitative estimate of drug-likeness (QED) is 0.626. The average Bonchev–Trinajstić information content (AvgIpc) is 2.26. The number of pyridine rings is 1. The number of nitrogens with two attached hydrogens (primary N) is 1. The Bertz CT molecular complexity index is 386. The summed E-state index contributed by atoms with van der Waals surface area (Å²) in [5, 5.41) is 11.1. The summed E-state index contributed by atoms with van der Waals surface area (Å²) in [5.41, 5.74) is 5.34. The van der Waals surface area contributed by atoms with Crippen molar-refractivity contribution >= 4 is 23.1 Å². The SMILES string of the molecule is CCN(CCN)c1ncc(Cl)cc1[N+](=O)[O-]. The van der Waals surface area contributed by atoms with Gasteiger partial charge in [0.2, 0.25) is 5.82 Å². The molecule has 1 rings (SSSR count). The number of rotatable bonds is 5. The van der Waals surface area contributed by atoms with E-state index in [9.17, 15) is 10.1 Å². The molecule has 0 radical (unpaired) electrons. The van der Waals surface area contributed by atoms with E-state index in [1.807, 2.05) is 6.92 Å². The number of halogens is 1. The molecule has 0 aliphatic carbocycles. The highest BCUT2D eigenvalue weighted by atomic mass is 35.5. The molecule has 0 fully saturated rings. The summed E-state index contributed by atoms with van der Waals surface area (Å²) in [7, 11) is 0. The van der Waals surface area contributed by atoms with Crippen molar-refractivity contribution in [3.8, 4) is 0 Å². The summed E-state index contributed by atoms with van der Waals surface area (Å²) < 4.78 is 0. The maximum atomic E-state index is 10.8. The zero-order valence-electron chi connectivity index (χ0n) is 8.89. The Morgan fingerprint density at radius 3 is 2.88 bits per heavy atom. The molecule has 1 aromatic rings. The standard InChI is InChI=1S/C9H13ClN4O2/c1-2-13(4-3-11)9-8(14(15)16)5-7(10)6-12-9/h5-6H,2-4,11H2,1H3. The zero-order chi connectivity index (χ0) is 12.1. The molecule has 0 aliphatic rings. The maximum Gasteiger partial charge on any atom is 0.313 e. The summed E-state index contributed by atoms with van der Waals surface area (Å²) in [6.45, 7) is 3.42. The molecule has 1 aromatic heterocycles. The van der Waals surface area contributed by atoms with E-state index < -0.39 is 4.92 Å². The van der Waals surface area contributed by atoms with E-state index >= 15 is 0 Å². The van der Waals surface area contributed by atoms with Gasteiger partial charge in [-0.15, -0.1) is 0 Å². The maximum absolute atomic E-state index is 10.8. The van der Waals surface area contributed by atoms with Gasteiger partial charge in [0.15, 0.2) is 0 Å². The van der Waals surface area contributed by atoms with Crippen LogP contribution >= 0.6 is 11.6 Å². The van der Waals surface area contributed by atoms with Crippen LogP contribution in [0.1, 0.15) is 6.92 Å². The molecule has 1 heterocycles. The van der Waals surface area contributed by atoms with Crippen LogP contribution in [0.3, 0.4) is 0 Å². The minimum atomic E-state index is -0.493. The predicted molar refractivity (Wildman–Crippen MR) is 62.8 cm³/mol. The average molecular weight is 245 g/mol. The van der Waals surface area contributed by atoms with Crippen molar-refractivity contribution in [1.29, 1.82) is 0 Å². The fraction of sp³-hybridized carbons (Fsp3) is 0.444. The van der Waals surface area contributed by atoms with Gasteiger partial charge in [-0.3, -0.25) is 10.1 Å². The number of anilines is 1. The van der Waals surface area contributed by atoms with E-state index in [-0.39, 0.29) is 10.7 Å². The highest BCUT2D eigenvalue weighted by Crippen LogP contribution is 2.27. The molecule has 7 heteroatoms. The van der Waals surface area contributed by atoms with Gasteiger partial charge in [-0.2, -0.15) is 0 Å². The van der Waals surface area contributed by atoms with E-state index in [4.69, 9.17) is 17.3 Å². The molecular weight excluding hydrogens is 232 g/mol. The first-order valence-corrected chi connectivity index (χ1v) is 5.22. The lowest BCUT2D eigenvalue weighted by Crippen LogP contribution is -2.30. The first-order valence-electron chi connectivity index (χ1n) is 4.85. The number of aromatic nitrogens is 1. The van der Waals surface area contributed by atoms with Gasteiger partial charge in [0, 0.05) is 31.9 Å². The van der Waals surface area contributed by atoms with Crippen molar-refractivity contribution in [2.75, 3.05) is 24.5 Å². The Balaban J connectivity index is 3.14. The van der Waals surface area contributed by atoms with Gasteiger partial charge in [0.25, 0.3) is 0 Å². The molecule has 88 valence electrons. The van der Waals surface area contributed by atoms with Gasteiger partial charge in [-0.05, 0) is 6.92 Å². The molecule has 0 bridgehead atoms. The zero-order valence-corrected chi connectivity index (χ0v) is 9.65. The largest absolute Gasteiger partial charge is 0.350 e. The van der Waals surface area contributed by atoms with Crippen LogP contribution in [-0.4, -0.2) is 29.5 Å². The van der Waals surface area contributed by atoms with Crippen molar-refractivity contribution in [2.45, 2.75) is 6.92 Å². The smallest absolute Gasteiger partial charge is 0.313 e. The summed E-state index contributed by atoms with van der Waals surface area (Å²) in [6.07, 6.45) is 1.39. The Morgan fingerprint density at radius 2 is 2.38 bits per heavy atom. The van der Waals surface area contributed by atoms with E-state index in [1.165, 1.54) is 12.3 Å². The van der Waals surface area contributed by atoms with Gasteiger partial charge in [-0.1, -0.05) is 11.6 Å². The molecule has 6 nitrogen and oxygen atoms in total. The number of hydrogen-bond donors (Lipinski definition) is 1.